The molecule has 196 valence electrons. The predicted octanol–water partition coefficient (Wildman–Crippen LogP) is 7.91. The van der Waals surface area contributed by atoms with Gasteiger partial charge in [-0.1, -0.05) is 68.8 Å². The van der Waals surface area contributed by atoms with Crippen molar-refractivity contribution in [3.63, 3.8) is 0 Å². The van der Waals surface area contributed by atoms with E-state index < -0.39 is 0 Å². The first-order valence-corrected chi connectivity index (χ1v) is 13.1. The molecule has 0 bridgehead atoms. The quantitative estimate of drug-likeness (QED) is 0.374. The highest BCUT2D eigenvalue weighted by Crippen LogP contribution is 2.32. The first-order chi connectivity index (χ1) is 16.3. The van der Waals surface area contributed by atoms with Gasteiger partial charge in [-0.2, -0.15) is 0 Å². The molecule has 0 spiro atoms. The number of rotatable bonds is 5. The van der Waals surface area contributed by atoms with E-state index in [4.69, 9.17) is 0 Å². The first kappa shape index (κ1) is 33.0. The molecule has 1 aliphatic heterocycles. The van der Waals surface area contributed by atoms with Crippen molar-refractivity contribution in [3.8, 4) is 0 Å². The number of hydrogen-bond acceptors (Lipinski definition) is 3. The molecule has 1 aromatic heterocycles. The van der Waals surface area contributed by atoms with E-state index in [-0.39, 0.29) is 19.2 Å². The van der Waals surface area contributed by atoms with Crippen LogP contribution in [0.15, 0.2) is 57.0 Å². The highest BCUT2D eigenvalue weighted by atomic mass is 79.9. The Bertz CT molecular complexity index is 940. The monoisotopic (exact) mass is 549 g/mol. The van der Waals surface area contributed by atoms with Crippen molar-refractivity contribution in [3.05, 3.63) is 68.3 Å². The second kappa shape index (κ2) is 16.6. The Morgan fingerprint density at radius 1 is 1.17 bits per heavy atom. The minimum atomic E-state index is -0.380. The number of carbonyl (C=O) groups is 1. The van der Waals surface area contributed by atoms with Crippen LogP contribution in [0.2, 0.25) is 0 Å². The highest BCUT2D eigenvalue weighted by Gasteiger charge is 2.23. The standard InChI is InChI=1S/C24H29BrFN3O.2C2H6.CH4/c1-16(13-21-17(2)27-10-7-22(21)25)15-29-11-8-18(9-12-29)19-5-6-20(23(26)14-19)24(30)28(3)4;2*1-2;/h7-8,10,13-14H,5-6,9,11-12,15H2,1-4H3;2*1-2H3;1H4/b16-13+;;;. The zero-order chi connectivity index (χ0) is 25.8. The Kier molecular flexibility index (Phi) is 15.6. The lowest BCUT2D eigenvalue weighted by Gasteiger charge is -2.28. The number of hydrogen-bond donors (Lipinski definition) is 0. The summed E-state index contributed by atoms with van der Waals surface area (Å²) in [6, 6.07) is 1.96. The van der Waals surface area contributed by atoms with Gasteiger partial charge in [-0.15, -0.1) is 0 Å². The molecule has 2 heterocycles. The number of nitrogens with zero attached hydrogens (tertiary/aromatic N) is 3. The summed E-state index contributed by atoms with van der Waals surface area (Å²) < 4.78 is 15.5. The number of amides is 1. The highest BCUT2D eigenvalue weighted by molar-refractivity contribution is 9.10. The van der Waals surface area contributed by atoms with Gasteiger partial charge in [0.2, 0.25) is 0 Å². The maximum Gasteiger partial charge on any atom is 0.252 e. The van der Waals surface area contributed by atoms with Crippen LogP contribution in [0.1, 0.15) is 72.6 Å². The third kappa shape index (κ3) is 9.49. The summed E-state index contributed by atoms with van der Waals surface area (Å²) in [5.74, 6) is -0.612. The van der Waals surface area contributed by atoms with Gasteiger partial charge >= 0.3 is 0 Å². The third-order valence-corrected chi connectivity index (χ3v) is 6.30. The lowest BCUT2D eigenvalue weighted by Crippen LogP contribution is -2.31. The zero-order valence-corrected chi connectivity index (χ0v) is 23.7. The van der Waals surface area contributed by atoms with Gasteiger partial charge < -0.3 is 4.90 Å². The summed E-state index contributed by atoms with van der Waals surface area (Å²) in [7, 11) is 3.32. The molecule has 0 saturated heterocycles. The van der Waals surface area contributed by atoms with E-state index in [0.29, 0.717) is 12.0 Å². The molecule has 6 heteroatoms. The van der Waals surface area contributed by atoms with Crippen LogP contribution in [0.3, 0.4) is 0 Å². The number of aromatic nitrogens is 1. The van der Waals surface area contributed by atoms with Crippen LogP contribution < -0.4 is 0 Å². The van der Waals surface area contributed by atoms with Crippen LogP contribution in [0.25, 0.3) is 6.08 Å². The van der Waals surface area contributed by atoms with E-state index in [2.05, 4.69) is 44.9 Å². The van der Waals surface area contributed by atoms with Crippen molar-refractivity contribution in [2.24, 2.45) is 0 Å². The Balaban J connectivity index is 0.00000220. The minimum absolute atomic E-state index is 0. The minimum Gasteiger partial charge on any atom is -0.345 e. The summed E-state index contributed by atoms with van der Waals surface area (Å²) in [6.45, 7) is 14.8. The summed E-state index contributed by atoms with van der Waals surface area (Å²) in [4.78, 5) is 20.3. The van der Waals surface area contributed by atoms with E-state index in [0.717, 1.165) is 53.8 Å². The molecule has 0 unspecified atom stereocenters. The van der Waals surface area contributed by atoms with Gasteiger partial charge in [0.15, 0.2) is 0 Å². The molecule has 0 saturated carbocycles. The molecule has 0 radical (unpaired) electrons. The molecular weight excluding hydrogens is 505 g/mol. The molecule has 0 aromatic carbocycles. The molecule has 0 atom stereocenters. The maximum absolute atomic E-state index is 14.5. The van der Waals surface area contributed by atoms with Crippen LogP contribution in [0.5, 0.6) is 0 Å². The summed E-state index contributed by atoms with van der Waals surface area (Å²) in [5.41, 5.74) is 5.95. The van der Waals surface area contributed by atoms with Gasteiger partial charge in [-0.3, -0.25) is 14.7 Å². The molecule has 2 aliphatic rings. The number of allylic oxidation sites excluding steroid dienone is 3. The van der Waals surface area contributed by atoms with Crippen molar-refractivity contribution in [1.29, 1.82) is 0 Å². The van der Waals surface area contributed by atoms with Gasteiger partial charge in [0.25, 0.3) is 5.91 Å². The van der Waals surface area contributed by atoms with Gasteiger partial charge in [-0.25, -0.2) is 4.39 Å². The van der Waals surface area contributed by atoms with Crippen molar-refractivity contribution in [1.82, 2.24) is 14.8 Å². The third-order valence-electron chi connectivity index (χ3n) is 5.60. The van der Waals surface area contributed by atoms with Gasteiger partial charge in [0.1, 0.15) is 5.83 Å². The number of halogens is 2. The van der Waals surface area contributed by atoms with Crippen LogP contribution in [0.4, 0.5) is 4.39 Å². The topological polar surface area (TPSA) is 36.4 Å². The number of pyridine rings is 1. The summed E-state index contributed by atoms with van der Waals surface area (Å²) in [5, 5.41) is 0. The number of likely N-dealkylation sites (N-methyl/N-ethyl adjacent to an activating group) is 1. The van der Waals surface area contributed by atoms with E-state index in [1.165, 1.54) is 16.0 Å². The van der Waals surface area contributed by atoms with Gasteiger partial charge in [-0.05, 0) is 56.4 Å². The molecule has 0 fully saturated rings. The Morgan fingerprint density at radius 3 is 2.34 bits per heavy atom. The summed E-state index contributed by atoms with van der Waals surface area (Å²) in [6.07, 6.45) is 9.87. The lowest BCUT2D eigenvalue weighted by atomic mass is 9.89. The Labute approximate surface area is 221 Å². The average Bonchev–Trinajstić information content (AvgIpc) is 2.84. The fourth-order valence-corrected chi connectivity index (χ4v) is 4.45. The Hall–Kier alpha value is -2.05. The van der Waals surface area contributed by atoms with Crippen molar-refractivity contribution in [2.45, 2.75) is 68.2 Å². The fourth-order valence-electron chi connectivity index (χ4n) is 3.93. The maximum atomic E-state index is 14.5. The molecule has 35 heavy (non-hydrogen) atoms. The number of aryl methyl sites for hydroxylation is 1. The van der Waals surface area contributed by atoms with Crippen molar-refractivity contribution < 1.29 is 9.18 Å². The van der Waals surface area contributed by atoms with E-state index in [1.807, 2.05) is 40.7 Å². The molecule has 1 aromatic rings. The Morgan fingerprint density at radius 2 is 1.83 bits per heavy atom. The largest absolute Gasteiger partial charge is 0.345 e. The van der Waals surface area contributed by atoms with Crippen LogP contribution >= 0.6 is 15.9 Å². The average molecular weight is 551 g/mol. The first-order valence-electron chi connectivity index (χ1n) is 12.3. The van der Waals surface area contributed by atoms with E-state index in [9.17, 15) is 9.18 Å². The second-order valence-electron chi connectivity index (χ2n) is 8.19. The smallest absolute Gasteiger partial charge is 0.252 e. The lowest BCUT2D eigenvalue weighted by molar-refractivity contribution is -0.125. The molecule has 4 nitrogen and oxygen atoms in total. The van der Waals surface area contributed by atoms with Crippen molar-refractivity contribution in [2.75, 3.05) is 33.7 Å². The van der Waals surface area contributed by atoms with E-state index >= 15 is 0 Å². The van der Waals surface area contributed by atoms with Crippen LogP contribution in [-0.2, 0) is 4.79 Å². The fraction of sp³-hybridized carbons (Fsp3) is 0.517. The predicted molar refractivity (Wildman–Crippen MR) is 153 cm³/mol. The number of carbonyl (C=O) groups excluding carboxylic acids is 1. The zero-order valence-electron chi connectivity index (χ0n) is 22.1. The van der Waals surface area contributed by atoms with Crippen molar-refractivity contribution >= 4 is 27.9 Å². The normalized spacial score (nSPS) is 16.0. The van der Waals surface area contributed by atoms with Gasteiger partial charge in [0, 0.05) is 55.7 Å². The SMILES string of the molecule is C.C/C(=C\c1c(Br)ccnc1C)CN1CC=C(C2=CC(F)=C(C(=O)N(C)C)CC2)CC1.CC.CC. The molecule has 0 N–H and O–H groups in total. The van der Waals surface area contributed by atoms with Crippen LogP contribution in [-0.4, -0.2) is 54.4 Å². The van der Waals surface area contributed by atoms with E-state index in [1.54, 1.807) is 26.4 Å². The molecule has 1 aliphatic carbocycles. The van der Waals surface area contributed by atoms with Gasteiger partial charge in [0.05, 0.1) is 5.57 Å². The molecular formula is C29H45BrFN3O. The summed E-state index contributed by atoms with van der Waals surface area (Å²) >= 11 is 3.61. The molecule has 3 rings (SSSR count). The molecule has 1 amide bonds. The van der Waals surface area contributed by atoms with Crippen LogP contribution in [0, 0.1) is 6.92 Å². The second-order valence-corrected chi connectivity index (χ2v) is 9.05.